The van der Waals surface area contributed by atoms with Crippen LogP contribution in [0.1, 0.15) is 10.6 Å². The number of amides is 2. The molecule has 0 spiro atoms. The SMILES string of the molecule is Cc1nc(-c2ccc(CC(=O)N3CSCC3C(=O)Nc3ccccc3F)cc2)cs1. The van der Waals surface area contributed by atoms with E-state index in [1.54, 1.807) is 28.4 Å². The summed E-state index contributed by atoms with van der Waals surface area (Å²) in [5.41, 5.74) is 2.94. The summed E-state index contributed by atoms with van der Waals surface area (Å²) in [7, 11) is 0. The van der Waals surface area contributed by atoms with Gasteiger partial charge in [-0.25, -0.2) is 9.37 Å². The van der Waals surface area contributed by atoms with Gasteiger partial charge in [-0.3, -0.25) is 9.59 Å². The molecule has 1 atom stereocenters. The van der Waals surface area contributed by atoms with E-state index in [9.17, 15) is 14.0 Å². The highest BCUT2D eigenvalue weighted by Gasteiger charge is 2.34. The Morgan fingerprint density at radius 3 is 2.67 bits per heavy atom. The zero-order valence-corrected chi connectivity index (χ0v) is 17.9. The van der Waals surface area contributed by atoms with Gasteiger partial charge in [0.25, 0.3) is 0 Å². The molecule has 0 saturated carbocycles. The number of nitrogens with one attached hydrogen (secondary N) is 1. The number of carbonyl (C=O) groups excluding carboxylic acids is 2. The number of thioether (sulfide) groups is 1. The Bertz CT molecular complexity index is 1070. The number of thiazole rings is 1. The number of nitrogens with zero attached hydrogens (tertiary/aromatic N) is 2. The molecule has 5 nitrogen and oxygen atoms in total. The highest BCUT2D eigenvalue weighted by Crippen LogP contribution is 2.25. The molecule has 2 heterocycles. The van der Waals surface area contributed by atoms with Gasteiger partial charge in [0.15, 0.2) is 0 Å². The Kier molecular flexibility index (Phi) is 6.15. The van der Waals surface area contributed by atoms with Crippen molar-refractivity contribution in [3.05, 3.63) is 70.3 Å². The van der Waals surface area contributed by atoms with Gasteiger partial charge in [-0.05, 0) is 24.6 Å². The molecule has 2 amide bonds. The van der Waals surface area contributed by atoms with Crippen molar-refractivity contribution in [2.75, 3.05) is 16.9 Å². The summed E-state index contributed by atoms with van der Waals surface area (Å²) < 4.78 is 13.8. The average molecular weight is 442 g/mol. The molecule has 1 aromatic heterocycles. The number of aryl methyl sites for hydroxylation is 1. The Hall–Kier alpha value is -2.71. The van der Waals surface area contributed by atoms with E-state index >= 15 is 0 Å². The second kappa shape index (κ2) is 8.97. The number of aromatic nitrogens is 1. The fourth-order valence-corrected chi connectivity index (χ4v) is 5.05. The van der Waals surface area contributed by atoms with Crippen molar-refractivity contribution in [1.82, 2.24) is 9.88 Å². The van der Waals surface area contributed by atoms with E-state index in [1.165, 1.54) is 23.9 Å². The molecule has 1 aliphatic heterocycles. The number of anilines is 1. The molecule has 8 heteroatoms. The van der Waals surface area contributed by atoms with E-state index < -0.39 is 11.9 Å². The van der Waals surface area contributed by atoms with Crippen LogP contribution in [0.25, 0.3) is 11.3 Å². The minimum atomic E-state index is -0.612. The molecule has 1 N–H and O–H groups in total. The molecule has 4 rings (SSSR count). The third-order valence-corrected chi connectivity index (χ3v) is 6.65. The van der Waals surface area contributed by atoms with Crippen molar-refractivity contribution >= 4 is 40.6 Å². The summed E-state index contributed by atoms with van der Waals surface area (Å²) in [4.78, 5) is 31.5. The topological polar surface area (TPSA) is 62.3 Å². The first-order valence-corrected chi connectivity index (χ1v) is 11.5. The first-order chi connectivity index (χ1) is 14.5. The Morgan fingerprint density at radius 1 is 1.20 bits per heavy atom. The molecular weight excluding hydrogens is 421 g/mol. The summed E-state index contributed by atoms with van der Waals surface area (Å²) in [5, 5.41) is 5.62. The van der Waals surface area contributed by atoms with E-state index in [2.05, 4.69) is 10.3 Å². The molecule has 1 unspecified atom stereocenters. The van der Waals surface area contributed by atoms with Crippen molar-refractivity contribution in [3.8, 4) is 11.3 Å². The largest absolute Gasteiger partial charge is 0.322 e. The molecule has 0 radical (unpaired) electrons. The van der Waals surface area contributed by atoms with E-state index in [0.717, 1.165) is 21.8 Å². The third-order valence-electron chi connectivity index (χ3n) is 4.86. The van der Waals surface area contributed by atoms with Crippen molar-refractivity contribution in [3.63, 3.8) is 0 Å². The second-order valence-corrected chi connectivity index (χ2v) is 9.04. The number of carbonyl (C=O) groups is 2. The van der Waals surface area contributed by atoms with Crippen LogP contribution in [0, 0.1) is 12.7 Å². The average Bonchev–Trinajstić information content (AvgIpc) is 3.40. The predicted octanol–water partition coefficient (Wildman–Crippen LogP) is 4.34. The molecule has 0 bridgehead atoms. The minimum Gasteiger partial charge on any atom is -0.322 e. The highest BCUT2D eigenvalue weighted by atomic mass is 32.2. The van der Waals surface area contributed by atoms with Crippen LogP contribution in [-0.2, 0) is 16.0 Å². The summed E-state index contributed by atoms with van der Waals surface area (Å²) in [5.74, 6) is -0.0400. The van der Waals surface area contributed by atoms with Gasteiger partial charge in [0.2, 0.25) is 11.8 Å². The van der Waals surface area contributed by atoms with Crippen molar-refractivity contribution in [2.24, 2.45) is 0 Å². The highest BCUT2D eigenvalue weighted by molar-refractivity contribution is 7.99. The molecule has 154 valence electrons. The first-order valence-electron chi connectivity index (χ1n) is 9.45. The standard InChI is InChI=1S/C22H20FN3O2S2/c1-14-24-19(11-30-14)16-8-6-15(7-9-16)10-21(27)26-13-29-12-20(26)22(28)25-18-5-3-2-4-17(18)23/h2-9,11,20H,10,12-13H2,1H3,(H,25,28). The van der Waals surface area contributed by atoms with Crippen molar-refractivity contribution < 1.29 is 14.0 Å². The number of hydrogen-bond acceptors (Lipinski definition) is 5. The number of hydrogen-bond donors (Lipinski definition) is 1. The smallest absolute Gasteiger partial charge is 0.248 e. The van der Waals surface area contributed by atoms with Crippen LogP contribution in [0.3, 0.4) is 0 Å². The molecule has 0 aliphatic carbocycles. The van der Waals surface area contributed by atoms with Crippen LogP contribution in [-0.4, -0.2) is 39.4 Å². The van der Waals surface area contributed by atoms with E-state index in [1.807, 2.05) is 36.6 Å². The third kappa shape index (κ3) is 4.55. The van der Waals surface area contributed by atoms with Gasteiger partial charge < -0.3 is 10.2 Å². The normalized spacial score (nSPS) is 15.9. The van der Waals surface area contributed by atoms with Gasteiger partial charge in [-0.15, -0.1) is 23.1 Å². The molecule has 1 aliphatic rings. The van der Waals surface area contributed by atoms with E-state index in [-0.39, 0.29) is 23.9 Å². The van der Waals surface area contributed by atoms with Crippen LogP contribution in [0.15, 0.2) is 53.9 Å². The van der Waals surface area contributed by atoms with Crippen LogP contribution in [0.2, 0.25) is 0 Å². The molecule has 2 aromatic carbocycles. The summed E-state index contributed by atoms with van der Waals surface area (Å²) >= 11 is 3.12. The number of benzene rings is 2. The van der Waals surface area contributed by atoms with Crippen molar-refractivity contribution in [2.45, 2.75) is 19.4 Å². The lowest BCUT2D eigenvalue weighted by atomic mass is 10.1. The number of para-hydroxylation sites is 1. The molecule has 1 fully saturated rings. The molecular formula is C22H20FN3O2S2. The van der Waals surface area contributed by atoms with Gasteiger partial charge in [-0.1, -0.05) is 36.4 Å². The van der Waals surface area contributed by atoms with Crippen LogP contribution < -0.4 is 5.32 Å². The van der Waals surface area contributed by atoms with Gasteiger partial charge in [0.1, 0.15) is 11.9 Å². The van der Waals surface area contributed by atoms with Crippen molar-refractivity contribution in [1.29, 1.82) is 0 Å². The lowest BCUT2D eigenvalue weighted by molar-refractivity contribution is -0.135. The lowest BCUT2D eigenvalue weighted by Gasteiger charge is -2.23. The quantitative estimate of drug-likeness (QED) is 0.640. The maximum atomic E-state index is 13.8. The maximum absolute atomic E-state index is 13.8. The molecule has 1 saturated heterocycles. The maximum Gasteiger partial charge on any atom is 0.248 e. The molecule has 30 heavy (non-hydrogen) atoms. The van der Waals surface area contributed by atoms with E-state index in [4.69, 9.17) is 0 Å². The van der Waals surface area contributed by atoms with Crippen LogP contribution in [0.5, 0.6) is 0 Å². The number of rotatable bonds is 5. The Morgan fingerprint density at radius 2 is 1.97 bits per heavy atom. The zero-order valence-electron chi connectivity index (χ0n) is 16.3. The first kappa shape index (κ1) is 20.6. The second-order valence-electron chi connectivity index (χ2n) is 6.97. The summed E-state index contributed by atoms with van der Waals surface area (Å²) in [6, 6.07) is 13.1. The van der Waals surface area contributed by atoms with Crippen LogP contribution >= 0.6 is 23.1 Å². The van der Waals surface area contributed by atoms with Crippen LogP contribution in [0.4, 0.5) is 10.1 Å². The van der Waals surface area contributed by atoms with E-state index in [0.29, 0.717) is 11.6 Å². The Labute approximate surface area is 182 Å². The molecule has 3 aromatic rings. The fourth-order valence-electron chi connectivity index (χ4n) is 3.25. The minimum absolute atomic E-state index is 0.120. The van der Waals surface area contributed by atoms with Gasteiger partial charge in [-0.2, -0.15) is 0 Å². The van der Waals surface area contributed by atoms with Gasteiger partial charge >= 0.3 is 0 Å². The van der Waals surface area contributed by atoms with Gasteiger partial charge in [0.05, 0.1) is 28.7 Å². The Balaban J connectivity index is 1.41. The van der Waals surface area contributed by atoms with Gasteiger partial charge in [0, 0.05) is 16.7 Å². The predicted molar refractivity (Wildman–Crippen MR) is 119 cm³/mol. The lowest BCUT2D eigenvalue weighted by Crippen LogP contribution is -2.45. The number of halogens is 1. The monoisotopic (exact) mass is 441 g/mol. The zero-order chi connectivity index (χ0) is 21.1. The summed E-state index contributed by atoms with van der Waals surface area (Å²) in [6.45, 7) is 1.97. The fraction of sp³-hybridized carbons (Fsp3) is 0.227. The summed E-state index contributed by atoms with van der Waals surface area (Å²) in [6.07, 6.45) is 0.209.